The molecule has 1 heteroatoms. The van der Waals surface area contributed by atoms with Crippen LogP contribution in [0.4, 0.5) is 0 Å². The highest BCUT2D eigenvalue weighted by atomic mass is 15.1. The molecule has 1 aromatic carbocycles. The van der Waals surface area contributed by atoms with E-state index in [1.807, 2.05) is 13.8 Å². The fraction of sp³-hybridized carbons (Fsp3) is 0.619. The maximum absolute atomic E-state index is 2.41. The van der Waals surface area contributed by atoms with Gasteiger partial charge in [-0.1, -0.05) is 65.0 Å². The fourth-order valence-corrected chi connectivity index (χ4v) is 2.31. The van der Waals surface area contributed by atoms with Crippen LogP contribution in [0.5, 0.6) is 0 Å². The minimum absolute atomic E-state index is 0.817. The van der Waals surface area contributed by atoms with E-state index in [0.717, 1.165) is 18.9 Å². The van der Waals surface area contributed by atoms with Crippen molar-refractivity contribution >= 4 is 5.57 Å². The van der Waals surface area contributed by atoms with Crippen molar-refractivity contribution in [3.63, 3.8) is 0 Å². The number of hydrogen-bond acceptors (Lipinski definition) is 1. The van der Waals surface area contributed by atoms with E-state index in [0.29, 0.717) is 0 Å². The van der Waals surface area contributed by atoms with Crippen LogP contribution in [0.15, 0.2) is 30.3 Å². The highest BCUT2D eigenvalue weighted by molar-refractivity contribution is 5.64. The zero-order chi connectivity index (χ0) is 17.0. The molecule has 1 nitrogen and oxygen atoms in total. The molecule has 22 heavy (non-hydrogen) atoms. The van der Waals surface area contributed by atoms with Gasteiger partial charge < -0.3 is 4.90 Å². The highest BCUT2D eigenvalue weighted by Crippen LogP contribution is 2.16. The Bertz CT molecular complexity index is 418. The zero-order valence-corrected chi connectivity index (χ0v) is 15.9. The van der Waals surface area contributed by atoms with Crippen molar-refractivity contribution in [2.45, 2.75) is 60.8 Å². The van der Waals surface area contributed by atoms with E-state index in [4.69, 9.17) is 0 Å². The quantitative estimate of drug-likeness (QED) is 0.565. The molecule has 0 unspecified atom stereocenters. The van der Waals surface area contributed by atoms with Gasteiger partial charge in [-0.15, -0.1) is 0 Å². The van der Waals surface area contributed by atoms with Crippen LogP contribution in [0.2, 0.25) is 0 Å². The molecule has 0 amide bonds. The summed E-state index contributed by atoms with van der Waals surface area (Å²) in [6.45, 7) is 15.3. The Morgan fingerprint density at radius 2 is 1.91 bits per heavy atom. The van der Waals surface area contributed by atoms with Crippen molar-refractivity contribution < 1.29 is 0 Å². The molecule has 0 saturated carbocycles. The normalized spacial score (nSPS) is 11.6. The van der Waals surface area contributed by atoms with Crippen LogP contribution >= 0.6 is 0 Å². The Kier molecular flexibility index (Phi) is 11.9. The number of benzene rings is 1. The Hall–Kier alpha value is -1.08. The van der Waals surface area contributed by atoms with E-state index in [-0.39, 0.29) is 0 Å². The molecule has 0 heterocycles. The van der Waals surface area contributed by atoms with Gasteiger partial charge in [-0.25, -0.2) is 0 Å². The first-order valence-corrected chi connectivity index (χ1v) is 8.97. The third kappa shape index (κ3) is 9.04. The van der Waals surface area contributed by atoms with E-state index < -0.39 is 0 Å². The topological polar surface area (TPSA) is 3.24 Å². The molecule has 0 spiro atoms. The van der Waals surface area contributed by atoms with Gasteiger partial charge in [0.2, 0.25) is 0 Å². The second-order valence-electron chi connectivity index (χ2n) is 6.24. The minimum Gasteiger partial charge on any atom is -0.303 e. The van der Waals surface area contributed by atoms with Crippen LogP contribution in [0, 0.1) is 5.92 Å². The molecule has 0 aromatic heterocycles. The van der Waals surface area contributed by atoms with Crippen LogP contribution in [0.1, 0.15) is 65.5 Å². The van der Waals surface area contributed by atoms with Gasteiger partial charge in [0.15, 0.2) is 0 Å². The standard InChI is InChI=1S/C19H31N.C2H6/c1-6-18-10-7-11-19(15-18)17(4)12-14-20(5)13-8-9-16(2)3;1-2/h7,10-12,15-16H,6,8-9,13-14H2,1-5H3;1-2H3/b17-12+;. The average Bonchev–Trinajstić information content (AvgIpc) is 2.54. The lowest BCUT2D eigenvalue weighted by atomic mass is 10.0. The van der Waals surface area contributed by atoms with Crippen LogP contribution in [-0.2, 0) is 6.42 Å². The monoisotopic (exact) mass is 303 g/mol. The largest absolute Gasteiger partial charge is 0.303 e. The molecule has 0 N–H and O–H groups in total. The van der Waals surface area contributed by atoms with Gasteiger partial charge in [-0.3, -0.25) is 0 Å². The second-order valence-corrected chi connectivity index (χ2v) is 6.24. The summed E-state index contributed by atoms with van der Waals surface area (Å²) in [7, 11) is 2.21. The Balaban J connectivity index is 0.00000211. The van der Waals surface area contributed by atoms with Crippen LogP contribution < -0.4 is 0 Å². The molecule has 0 fully saturated rings. The number of aryl methyl sites for hydroxylation is 1. The van der Waals surface area contributed by atoms with E-state index in [9.17, 15) is 0 Å². The zero-order valence-electron chi connectivity index (χ0n) is 15.9. The summed E-state index contributed by atoms with van der Waals surface area (Å²) in [6, 6.07) is 8.89. The Morgan fingerprint density at radius 3 is 2.50 bits per heavy atom. The summed E-state index contributed by atoms with van der Waals surface area (Å²) in [4.78, 5) is 2.41. The molecule has 1 rings (SSSR count). The molecular weight excluding hydrogens is 266 g/mol. The van der Waals surface area contributed by atoms with Crippen molar-refractivity contribution in [1.29, 1.82) is 0 Å². The van der Waals surface area contributed by atoms with Crippen LogP contribution in [0.3, 0.4) is 0 Å². The molecule has 1 aromatic rings. The first-order chi connectivity index (χ1) is 10.5. The molecule has 0 aliphatic carbocycles. The predicted molar refractivity (Wildman–Crippen MR) is 102 cm³/mol. The first-order valence-electron chi connectivity index (χ1n) is 8.97. The SMILES string of the molecule is CC.CCc1cccc(/C(C)=C/CN(C)CCCC(C)C)c1. The van der Waals surface area contributed by atoms with E-state index in [1.165, 1.54) is 36.1 Å². The van der Waals surface area contributed by atoms with Gasteiger partial charge >= 0.3 is 0 Å². The summed E-state index contributed by atoms with van der Waals surface area (Å²) < 4.78 is 0. The van der Waals surface area contributed by atoms with Gasteiger partial charge in [0, 0.05) is 6.54 Å². The predicted octanol–water partition coefficient (Wildman–Crippen LogP) is 6.05. The van der Waals surface area contributed by atoms with E-state index in [1.54, 1.807) is 0 Å². The molecule has 0 aliphatic heterocycles. The lowest BCUT2D eigenvalue weighted by molar-refractivity contribution is 0.348. The summed E-state index contributed by atoms with van der Waals surface area (Å²) in [6.07, 6.45) is 6.08. The lowest BCUT2D eigenvalue weighted by Gasteiger charge is -2.15. The maximum atomic E-state index is 2.41. The van der Waals surface area contributed by atoms with Gasteiger partial charge in [0.25, 0.3) is 0 Å². The van der Waals surface area contributed by atoms with E-state index in [2.05, 4.69) is 70.0 Å². The summed E-state index contributed by atoms with van der Waals surface area (Å²) in [5.74, 6) is 0.817. The number of rotatable bonds is 8. The molecule has 0 atom stereocenters. The number of nitrogens with zero attached hydrogens (tertiary/aromatic N) is 1. The van der Waals surface area contributed by atoms with Gasteiger partial charge in [-0.05, 0) is 62.4 Å². The number of allylic oxidation sites excluding steroid dienone is 1. The van der Waals surface area contributed by atoms with Crippen molar-refractivity contribution in [2.24, 2.45) is 5.92 Å². The maximum Gasteiger partial charge on any atom is 0.0165 e. The highest BCUT2D eigenvalue weighted by Gasteiger charge is 2.00. The van der Waals surface area contributed by atoms with Crippen molar-refractivity contribution in [3.05, 3.63) is 41.5 Å². The third-order valence-electron chi connectivity index (χ3n) is 3.82. The van der Waals surface area contributed by atoms with Crippen molar-refractivity contribution in [1.82, 2.24) is 4.90 Å². The first kappa shape index (κ1) is 20.9. The summed E-state index contributed by atoms with van der Waals surface area (Å²) >= 11 is 0. The molecule has 0 saturated heterocycles. The number of likely N-dealkylation sites (N-methyl/N-ethyl adjacent to an activating group) is 1. The van der Waals surface area contributed by atoms with Crippen molar-refractivity contribution in [3.8, 4) is 0 Å². The Morgan fingerprint density at radius 1 is 1.23 bits per heavy atom. The smallest absolute Gasteiger partial charge is 0.0165 e. The molecule has 0 radical (unpaired) electrons. The fourth-order valence-electron chi connectivity index (χ4n) is 2.31. The Labute approximate surface area is 139 Å². The second kappa shape index (κ2) is 12.5. The molecule has 126 valence electrons. The molecule has 0 aliphatic rings. The van der Waals surface area contributed by atoms with Gasteiger partial charge in [-0.2, -0.15) is 0 Å². The molecule has 0 bridgehead atoms. The summed E-state index contributed by atoms with van der Waals surface area (Å²) in [5, 5.41) is 0. The minimum atomic E-state index is 0.817. The van der Waals surface area contributed by atoms with Crippen LogP contribution in [0.25, 0.3) is 5.57 Å². The van der Waals surface area contributed by atoms with Crippen LogP contribution in [-0.4, -0.2) is 25.0 Å². The summed E-state index contributed by atoms with van der Waals surface area (Å²) in [5.41, 5.74) is 4.16. The van der Waals surface area contributed by atoms with Crippen molar-refractivity contribution in [2.75, 3.05) is 20.1 Å². The lowest BCUT2D eigenvalue weighted by Crippen LogP contribution is -2.20. The third-order valence-corrected chi connectivity index (χ3v) is 3.82. The average molecular weight is 304 g/mol. The van der Waals surface area contributed by atoms with Gasteiger partial charge in [0.05, 0.1) is 0 Å². The number of hydrogen-bond donors (Lipinski definition) is 0. The van der Waals surface area contributed by atoms with E-state index >= 15 is 0 Å². The van der Waals surface area contributed by atoms with Gasteiger partial charge in [0.1, 0.15) is 0 Å². The molecular formula is C21H37N.